The second kappa shape index (κ2) is 9.06. The van der Waals surface area contributed by atoms with Gasteiger partial charge >= 0.3 is 6.03 Å². The lowest BCUT2D eigenvalue weighted by Gasteiger charge is -2.32. The molecule has 0 spiro atoms. The van der Waals surface area contributed by atoms with E-state index in [0.717, 1.165) is 30.5 Å². The van der Waals surface area contributed by atoms with Crippen molar-refractivity contribution < 1.29 is 14.0 Å². The Hall–Kier alpha value is -2.60. The van der Waals surface area contributed by atoms with Crippen LogP contribution in [0.5, 0.6) is 0 Å². The van der Waals surface area contributed by atoms with Crippen LogP contribution < -0.4 is 10.6 Å². The summed E-state index contributed by atoms with van der Waals surface area (Å²) in [6, 6.07) is 11.8. The van der Waals surface area contributed by atoms with E-state index < -0.39 is 5.82 Å². The highest BCUT2D eigenvalue weighted by atomic mass is 35.5. The van der Waals surface area contributed by atoms with Gasteiger partial charge < -0.3 is 15.5 Å². The van der Waals surface area contributed by atoms with Gasteiger partial charge in [-0.25, -0.2) is 9.18 Å². The van der Waals surface area contributed by atoms with E-state index in [1.807, 2.05) is 18.2 Å². The number of urea groups is 1. The van der Waals surface area contributed by atoms with Gasteiger partial charge in [-0.3, -0.25) is 4.79 Å². The number of carbonyl (C=O) groups is 2. The summed E-state index contributed by atoms with van der Waals surface area (Å²) < 4.78 is 13.2. The molecule has 7 heteroatoms. The molecule has 148 valence electrons. The SMILES string of the molecule is CNC(=O)N1CCC[C@H](c2cccc(C(=O)NCc3ccc(F)c(Cl)c3)c2)C1. The van der Waals surface area contributed by atoms with Gasteiger partial charge in [0.1, 0.15) is 5.82 Å². The molecule has 0 bridgehead atoms. The molecule has 0 unspecified atom stereocenters. The average Bonchev–Trinajstić information content (AvgIpc) is 2.74. The lowest BCUT2D eigenvalue weighted by molar-refractivity contribution is 0.0950. The van der Waals surface area contributed by atoms with Crippen LogP contribution in [0.2, 0.25) is 5.02 Å². The monoisotopic (exact) mass is 403 g/mol. The van der Waals surface area contributed by atoms with Gasteiger partial charge in [0.05, 0.1) is 5.02 Å². The number of rotatable bonds is 4. The molecule has 2 aromatic carbocycles. The van der Waals surface area contributed by atoms with Crippen LogP contribution >= 0.6 is 11.6 Å². The smallest absolute Gasteiger partial charge is 0.317 e. The van der Waals surface area contributed by atoms with Crippen molar-refractivity contribution >= 4 is 23.5 Å². The number of nitrogens with zero attached hydrogens (tertiary/aromatic N) is 1. The fourth-order valence-electron chi connectivity index (χ4n) is 3.46. The predicted octanol–water partition coefficient (Wildman–Crippen LogP) is 3.93. The Morgan fingerprint density at radius 1 is 1.25 bits per heavy atom. The molecule has 1 aliphatic rings. The summed E-state index contributed by atoms with van der Waals surface area (Å²) in [6.45, 7) is 1.65. The van der Waals surface area contributed by atoms with Gasteiger partial charge in [0.15, 0.2) is 0 Å². The zero-order chi connectivity index (χ0) is 20.1. The summed E-state index contributed by atoms with van der Waals surface area (Å²) in [5.74, 6) is -0.487. The van der Waals surface area contributed by atoms with Gasteiger partial charge in [-0.15, -0.1) is 0 Å². The highest BCUT2D eigenvalue weighted by molar-refractivity contribution is 6.30. The molecule has 2 aromatic rings. The summed E-state index contributed by atoms with van der Waals surface area (Å²) in [5.41, 5.74) is 2.33. The Bertz CT molecular complexity index is 874. The number of benzene rings is 2. The van der Waals surface area contributed by atoms with Crippen molar-refractivity contribution in [2.24, 2.45) is 0 Å². The van der Waals surface area contributed by atoms with Gasteiger partial charge in [-0.1, -0.05) is 29.8 Å². The Labute approximate surface area is 168 Å². The molecule has 0 aliphatic carbocycles. The zero-order valence-electron chi connectivity index (χ0n) is 15.7. The molecular formula is C21H23ClFN3O2. The maximum absolute atomic E-state index is 13.2. The molecular weight excluding hydrogens is 381 g/mol. The zero-order valence-corrected chi connectivity index (χ0v) is 16.4. The molecule has 1 saturated heterocycles. The molecule has 5 nitrogen and oxygen atoms in total. The molecule has 1 fully saturated rings. The van der Waals surface area contributed by atoms with Crippen LogP contribution in [-0.4, -0.2) is 37.0 Å². The van der Waals surface area contributed by atoms with Crippen molar-refractivity contribution in [1.29, 1.82) is 0 Å². The molecule has 1 heterocycles. The Balaban J connectivity index is 1.65. The first kappa shape index (κ1) is 20.1. The van der Waals surface area contributed by atoms with Crippen molar-refractivity contribution in [3.63, 3.8) is 0 Å². The Kier molecular flexibility index (Phi) is 6.52. The van der Waals surface area contributed by atoms with Crippen LogP contribution in [0.25, 0.3) is 0 Å². The summed E-state index contributed by atoms with van der Waals surface area (Å²) in [6.07, 6.45) is 1.91. The number of likely N-dealkylation sites (tertiary alicyclic amines) is 1. The summed E-state index contributed by atoms with van der Waals surface area (Å²) in [7, 11) is 1.63. The quantitative estimate of drug-likeness (QED) is 0.812. The van der Waals surface area contributed by atoms with Crippen LogP contribution in [0.3, 0.4) is 0 Å². The first-order chi connectivity index (χ1) is 13.5. The third-order valence-corrected chi connectivity index (χ3v) is 5.27. The van der Waals surface area contributed by atoms with E-state index in [9.17, 15) is 14.0 Å². The van der Waals surface area contributed by atoms with Crippen LogP contribution in [0.1, 0.15) is 40.2 Å². The van der Waals surface area contributed by atoms with Crippen LogP contribution in [0.4, 0.5) is 9.18 Å². The number of amides is 3. The fourth-order valence-corrected chi connectivity index (χ4v) is 3.66. The lowest BCUT2D eigenvalue weighted by atomic mass is 9.89. The largest absolute Gasteiger partial charge is 0.348 e. The van der Waals surface area contributed by atoms with E-state index in [1.165, 1.54) is 12.1 Å². The molecule has 3 amide bonds. The Morgan fingerprint density at radius 2 is 2.07 bits per heavy atom. The summed E-state index contributed by atoms with van der Waals surface area (Å²) in [4.78, 5) is 26.2. The van der Waals surface area contributed by atoms with Crippen molar-refractivity contribution in [2.75, 3.05) is 20.1 Å². The minimum absolute atomic E-state index is 0.0340. The van der Waals surface area contributed by atoms with E-state index in [0.29, 0.717) is 12.1 Å². The minimum Gasteiger partial charge on any atom is -0.348 e. The van der Waals surface area contributed by atoms with Crippen molar-refractivity contribution in [3.8, 4) is 0 Å². The lowest BCUT2D eigenvalue weighted by Crippen LogP contribution is -2.43. The Morgan fingerprint density at radius 3 is 2.82 bits per heavy atom. The number of hydrogen-bond donors (Lipinski definition) is 2. The van der Waals surface area contributed by atoms with Crippen molar-refractivity contribution in [2.45, 2.75) is 25.3 Å². The van der Waals surface area contributed by atoms with E-state index >= 15 is 0 Å². The fraction of sp³-hybridized carbons (Fsp3) is 0.333. The van der Waals surface area contributed by atoms with Crippen molar-refractivity contribution in [3.05, 3.63) is 70.0 Å². The highest BCUT2D eigenvalue weighted by Crippen LogP contribution is 2.27. The van der Waals surface area contributed by atoms with Crippen LogP contribution in [0, 0.1) is 5.82 Å². The molecule has 1 aliphatic heterocycles. The van der Waals surface area contributed by atoms with Gasteiger partial charge in [0, 0.05) is 38.2 Å². The average molecular weight is 404 g/mol. The normalized spacial score (nSPS) is 16.5. The number of hydrogen-bond acceptors (Lipinski definition) is 2. The maximum Gasteiger partial charge on any atom is 0.317 e. The van der Waals surface area contributed by atoms with E-state index in [4.69, 9.17) is 11.6 Å². The summed E-state index contributed by atoms with van der Waals surface area (Å²) >= 11 is 5.78. The van der Waals surface area contributed by atoms with E-state index in [2.05, 4.69) is 10.6 Å². The van der Waals surface area contributed by atoms with Crippen molar-refractivity contribution in [1.82, 2.24) is 15.5 Å². The van der Waals surface area contributed by atoms with Gasteiger partial charge in [-0.2, -0.15) is 0 Å². The molecule has 28 heavy (non-hydrogen) atoms. The molecule has 2 N–H and O–H groups in total. The number of carbonyl (C=O) groups excluding carboxylic acids is 2. The van der Waals surface area contributed by atoms with Gasteiger partial charge in [0.2, 0.25) is 0 Å². The third kappa shape index (κ3) is 4.81. The van der Waals surface area contributed by atoms with Gasteiger partial charge in [0.25, 0.3) is 5.91 Å². The number of halogens is 2. The number of piperidine rings is 1. The summed E-state index contributed by atoms with van der Waals surface area (Å²) in [5, 5.41) is 5.53. The van der Waals surface area contributed by atoms with Crippen LogP contribution in [-0.2, 0) is 6.54 Å². The molecule has 0 saturated carbocycles. The standard InChI is InChI=1S/C21H23ClFN3O2/c1-24-21(28)26-9-3-6-17(13-26)15-4-2-5-16(11-15)20(27)25-12-14-7-8-19(23)18(22)10-14/h2,4-5,7-8,10-11,17H,3,6,9,12-13H2,1H3,(H,24,28)(H,25,27)/t17-/m0/s1. The topological polar surface area (TPSA) is 61.4 Å². The first-order valence-corrected chi connectivity index (χ1v) is 9.64. The highest BCUT2D eigenvalue weighted by Gasteiger charge is 2.24. The van der Waals surface area contributed by atoms with Gasteiger partial charge in [-0.05, 0) is 48.2 Å². The first-order valence-electron chi connectivity index (χ1n) is 9.26. The van der Waals surface area contributed by atoms with E-state index in [-0.39, 0.29) is 29.4 Å². The second-order valence-corrected chi connectivity index (χ2v) is 7.30. The minimum atomic E-state index is -0.484. The van der Waals surface area contributed by atoms with E-state index in [1.54, 1.807) is 24.1 Å². The molecule has 1 atom stereocenters. The number of nitrogens with one attached hydrogen (secondary N) is 2. The third-order valence-electron chi connectivity index (χ3n) is 4.98. The maximum atomic E-state index is 13.2. The molecule has 0 aromatic heterocycles. The second-order valence-electron chi connectivity index (χ2n) is 6.90. The molecule has 0 radical (unpaired) electrons. The van der Waals surface area contributed by atoms with Crippen LogP contribution in [0.15, 0.2) is 42.5 Å². The predicted molar refractivity (Wildman–Crippen MR) is 107 cm³/mol. The molecule has 3 rings (SSSR count).